The van der Waals surface area contributed by atoms with Crippen LogP contribution in [0.4, 0.5) is 0 Å². The molecule has 0 fully saturated rings. The van der Waals surface area contributed by atoms with Crippen molar-refractivity contribution in [1.29, 1.82) is 0 Å². The fourth-order valence-corrected chi connectivity index (χ4v) is 2.59. The average Bonchev–Trinajstić information content (AvgIpc) is 2.89. The molecule has 1 aliphatic rings. The molecule has 20 heavy (non-hydrogen) atoms. The maximum atomic E-state index is 9.38. The van der Waals surface area contributed by atoms with E-state index in [1.54, 1.807) is 0 Å². The minimum absolute atomic E-state index is 0.0189. The first-order valence-corrected chi connectivity index (χ1v) is 7.02. The molecule has 1 aliphatic heterocycles. The van der Waals surface area contributed by atoms with E-state index in [0.29, 0.717) is 12.4 Å². The highest BCUT2D eigenvalue weighted by Gasteiger charge is 2.16. The normalized spacial score (nSPS) is 14.1. The Morgan fingerprint density at radius 3 is 3.05 bits per heavy atom. The van der Waals surface area contributed by atoms with Crippen LogP contribution in [0.5, 0.6) is 5.75 Å². The van der Waals surface area contributed by atoms with Crippen LogP contribution in [0, 0.1) is 6.92 Å². The van der Waals surface area contributed by atoms with Crippen LogP contribution in [0.1, 0.15) is 35.6 Å². The molecule has 0 spiro atoms. The second kappa shape index (κ2) is 5.63. The number of nitrogens with zero attached hydrogens (tertiary/aromatic N) is 3. The lowest BCUT2D eigenvalue weighted by Gasteiger charge is -2.15. The smallest absolute Gasteiger partial charge is 0.171 e. The summed E-state index contributed by atoms with van der Waals surface area (Å²) >= 11 is 0. The van der Waals surface area contributed by atoms with Gasteiger partial charge >= 0.3 is 0 Å². The maximum Gasteiger partial charge on any atom is 0.171 e. The van der Waals surface area contributed by atoms with Crippen molar-refractivity contribution in [2.24, 2.45) is 0 Å². The number of benzene rings is 1. The van der Waals surface area contributed by atoms with Gasteiger partial charge in [0.1, 0.15) is 18.2 Å². The summed E-state index contributed by atoms with van der Waals surface area (Å²) in [6.45, 7) is 3.34. The van der Waals surface area contributed by atoms with Gasteiger partial charge in [-0.25, -0.2) is 0 Å². The molecular formula is C15H19N3O2. The predicted molar refractivity (Wildman–Crippen MR) is 74.4 cm³/mol. The zero-order valence-electron chi connectivity index (χ0n) is 11.7. The fourth-order valence-electron chi connectivity index (χ4n) is 2.59. The summed E-state index contributed by atoms with van der Waals surface area (Å²) in [4.78, 5) is 0. The predicted octanol–water partition coefficient (Wildman–Crippen LogP) is 1.99. The maximum absolute atomic E-state index is 9.38. The molecule has 0 bridgehead atoms. The lowest BCUT2D eigenvalue weighted by Crippen LogP contribution is -2.14. The molecule has 1 N–H and O–H groups in total. The van der Waals surface area contributed by atoms with Gasteiger partial charge < -0.3 is 14.4 Å². The van der Waals surface area contributed by atoms with Crippen molar-refractivity contribution in [3.63, 3.8) is 0 Å². The second-order valence-electron chi connectivity index (χ2n) is 5.20. The van der Waals surface area contributed by atoms with Gasteiger partial charge in [-0.2, -0.15) is 0 Å². The lowest BCUT2D eigenvalue weighted by atomic mass is 10.1. The van der Waals surface area contributed by atoms with Crippen LogP contribution in [-0.2, 0) is 26.2 Å². The molecule has 0 atom stereocenters. The van der Waals surface area contributed by atoms with E-state index in [1.165, 1.54) is 12.8 Å². The molecule has 1 aromatic heterocycles. The molecule has 5 heteroatoms. The highest BCUT2D eigenvalue weighted by molar-refractivity contribution is 5.36. The van der Waals surface area contributed by atoms with Crippen molar-refractivity contribution in [2.45, 2.75) is 45.9 Å². The number of rotatable bonds is 4. The van der Waals surface area contributed by atoms with Gasteiger partial charge in [-0.05, 0) is 25.8 Å². The zero-order valence-corrected chi connectivity index (χ0v) is 11.7. The van der Waals surface area contributed by atoms with Gasteiger partial charge in [0.2, 0.25) is 0 Å². The number of aliphatic hydroxyl groups is 1. The summed E-state index contributed by atoms with van der Waals surface area (Å²) in [7, 11) is 0. The minimum atomic E-state index is -0.0189. The first kappa shape index (κ1) is 13.1. The average molecular weight is 273 g/mol. The summed E-state index contributed by atoms with van der Waals surface area (Å²) in [6.07, 6.45) is 3.36. The molecule has 2 heterocycles. The number of fused-ring (bicyclic) bond motifs is 1. The quantitative estimate of drug-likeness (QED) is 0.925. The second-order valence-corrected chi connectivity index (χ2v) is 5.20. The zero-order chi connectivity index (χ0) is 13.9. The molecule has 2 aromatic rings. The summed E-state index contributed by atoms with van der Waals surface area (Å²) in [5.41, 5.74) is 1.92. The Kier molecular flexibility index (Phi) is 3.69. The molecule has 0 amide bonds. The van der Waals surface area contributed by atoms with E-state index in [2.05, 4.69) is 14.8 Å². The van der Waals surface area contributed by atoms with Crippen LogP contribution < -0.4 is 4.74 Å². The van der Waals surface area contributed by atoms with E-state index in [-0.39, 0.29) is 6.61 Å². The monoisotopic (exact) mass is 273 g/mol. The van der Waals surface area contributed by atoms with Crippen molar-refractivity contribution in [1.82, 2.24) is 14.8 Å². The Hall–Kier alpha value is -1.88. The topological polar surface area (TPSA) is 60.2 Å². The van der Waals surface area contributed by atoms with E-state index < -0.39 is 0 Å². The van der Waals surface area contributed by atoms with Gasteiger partial charge in [0.15, 0.2) is 5.82 Å². The van der Waals surface area contributed by atoms with Crippen molar-refractivity contribution >= 4 is 0 Å². The van der Waals surface area contributed by atoms with Gasteiger partial charge in [-0.1, -0.05) is 17.7 Å². The van der Waals surface area contributed by atoms with Crippen LogP contribution in [0.15, 0.2) is 18.2 Å². The Morgan fingerprint density at radius 2 is 2.20 bits per heavy atom. The van der Waals surface area contributed by atoms with Gasteiger partial charge in [0, 0.05) is 18.5 Å². The molecule has 0 aliphatic carbocycles. The molecule has 3 rings (SSSR count). The summed E-state index contributed by atoms with van der Waals surface area (Å²) < 4.78 is 7.96. The number of aryl methyl sites for hydroxylation is 2. The molecule has 0 radical (unpaired) electrons. The van der Waals surface area contributed by atoms with Gasteiger partial charge in [-0.15, -0.1) is 10.2 Å². The Balaban J connectivity index is 1.75. The number of ether oxygens (including phenoxy) is 1. The largest absolute Gasteiger partial charge is 0.485 e. The molecule has 5 nitrogen and oxygen atoms in total. The van der Waals surface area contributed by atoms with Crippen LogP contribution in [0.25, 0.3) is 0 Å². The third-order valence-electron chi connectivity index (χ3n) is 3.68. The van der Waals surface area contributed by atoms with E-state index >= 15 is 0 Å². The molecule has 0 saturated carbocycles. The SMILES string of the molecule is Cc1ccc(OCc2nnc3n2CCCC3)c(CO)c1. The van der Waals surface area contributed by atoms with E-state index in [0.717, 1.165) is 35.7 Å². The van der Waals surface area contributed by atoms with E-state index in [4.69, 9.17) is 4.74 Å². The first-order valence-electron chi connectivity index (χ1n) is 7.02. The van der Waals surface area contributed by atoms with E-state index in [1.807, 2.05) is 25.1 Å². The van der Waals surface area contributed by atoms with Crippen molar-refractivity contribution < 1.29 is 9.84 Å². The minimum Gasteiger partial charge on any atom is -0.485 e. The standard InChI is InChI=1S/C15H19N3O2/c1-11-5-6-13(12(8-11)9-19)20-10-15-17-16-14-4-2-3-7-18(14)15/h5-6,8,19H,2-4,7,9-10H2,1H3. The van der Waals surface area contributed by atoms with Gasteiger partial charge in [0.05, 0.1) is 6.61 Å². The Bertz CT molecular complexity index is 607. The molecular weight excluding hydrogens is 254 g/mol. The van der Waals surface area contributed by atoms with Crippen molar-refractivity contribution in [3.05, 3.63) is 41.0 Å². The van der Waals surface area contributed by atoms with Crippen LogP contribution in [-0.4, -0.2) is 19.9 Å². The molecule has 1 aromatic carbocycles. The van der Waals surface area contributed by atoms with Crippen molar-refractivity contribution in [3.8, 4) is 5.75 Å². The summed E-state index contributed by atoms with van der Waals surface area (Å²) in [6, 6.07) is 5.82. The fraction of sp³-hybridized carbons (Fsp3) is 0.467. The number of aromatic nitrogens is 3. The van der Waals surface area contributed by atoms with Crippen LogP contribution in [0.2, 0.25) is 0 Å². The first-order chi connectivity index (χ1) is 9.78. The van der Waals surface area contributed by atoms with Gasteiger partial charge in [0.25, 0.3) is 0 Å². The number of aliphatic hydroxyl groups excluding tert-OH is 1. The number of hydrogen-bond donors (Lipinski definition) is 1. The number of hydrogen-bond acceptors (Lipinski definition) is 4. The molecule has 0 unspecified atom stereocenters. The van der Waals surface area contributed by atoms with Crippen LogP contribution in [0.3, 0.4) is 0 Å². The van der Waals surface area contributed by atoms with Crippen molar-refractivity contribution in [2.75, 3.05) is 0 Å². The highest BCUT2D eigenvalue weighted by atomic mass is 16.5. The molecule has 106 valence electrons. The van der Waals surface area contributed by atoms with E-state index in [9.17, 15) is 5.11 Å². The Morgan fingerprint density at radius 1 is 1.30 bits per heavy atom. The highest BCUT2D eigenvalue weighted by Crippen LogP contribution is 2.22. The third kappa shape index (κ3) is 2.54. The molecule has 0 saturated heterocycles. The summed E-state index contributed by atoms with van der Waals surface area (Å²) in [5, 5.41) is 17.8. The lowest BCUT2D eigenvalue weighted by molar-refractivity contribution is 0.252. The Labute approximate surface area is 118 Å². The third-order valence-corrected chi connectivity index (χ3v) is 3.68. The van der Waals surface area contributed by atoms with Crippen LogP contribution >= 0.6 is 0 Å². The van der Waals surface area contributed by atoms with Gasteiger partial charge in [-0.3, -0.25) is 0 Å². The summed E-state index contributed by atoms with van der Waals surface area (Å²) in [5.74, 6) is 2.64.